The van der Waals surface area contributed by atoms with Crippen molar-refractivity contribution in [3.8, 4) is 0 Å². The Hall–Kier alpha value is -0.446. The smallest absolute Gasteiger partial charge is 0.687 e. The van der Waals surface area contributed by atoms with Crippen LogP contribution in [0.3, 0.4) is 0 Å². The van der Waals surface area contributed by atoms with E-state index in [1.165, 1.54) is 0 Å². The fraction of sp³-hybridized carbons (Fsp3) is 0.857. The van der Waals surface area contributed by atoms with Gasteiger partial charge in [0.2, 0.25) is 0 Å². The zero-order valence-corrected chi connectivity index (χ0v) is 16.7. The molecule has 0 aliphatic heterocycles. The summed E-state index contributed by atoms with van der Waals surface area (Å²) in [6.07, 6.45) is -5.27. The minimum Gasteiger partial charge on any atom is -0.687 e. The summed E-state index contributed by atoms with van der Waals surface area (Å²) in [7, 11) is 0. The van der Waals surface area contributed by atoms with Crippen LogP contribution in [0.4, 0.5) is 26.3 Å². The molecular weight excluding hydrogens is 390 g/mol. The molecule has 11 heteroatoms. The first kappa shape index (κ1) is 32.2. The third-order valence-electron chi connectivity index (χ3n) is 1.35. The van der Waals surface area contributed by atoms with Crippen molar-refractivity contribution >= 4 is 0 Å². The van der Waals surface area contributed by atoms with E-state index in [2.05, 4.69) is 52.2 Å². The molecule has 0 heterocycles. The van der Waals surface area contributed by atoms with Gasteiger partial charge in [0.05, 0.1) is 0 Å². The third-order valence-corrected chi connectivity index (χ3v) is 1.35. The van der Waals surface area contributed by atoms with Gasteiger partial charge in [-0.3, -0.25) is 0 Å². The van der Waals surface area contributed by atoms with Crippen LogP contribution in [-0.2, 0) is 21.7 Å². The van der Waals surface area contributed by atoms with Gasteiger partial charge in [-0.15, -0.1) is 11.1 Å². The molecule has 25 heavy (non-hydrogen) atoms. The Balaban J connectivity index is -0.000000144. The minimum atomic E-state index is -4.40. The molecule has 0 unspecified atom stereocenters. The van der Waals surface area contributed by atoms with Crippen molar-refractivity contribution in [2.45, 2.75) is 65.0 Å². The molecule has 0 rings (SSSR count). The topological polar surface area (TPSA) is 68.7 Å². The molecule has 0 saturated heterocycles. The summed E-state index contributed by atoms with van der Waals surface area (Å²) >= 11 is 0. The Morgan fingerprint density at radius 2 is 0.800 bits per heavy atom. The first-order chi connectivity index (χ1) is 10.3. The van der Waals surface area contributed by atoms with Crippen LogP contribution in [0.5, 0.6) is 0 Å². The van der Waals surface area contributed by atoms with Gasteiger partial charge >= 0.3 is 34.1 Å². The number of hydrogen-bond donors (Lipinski definition) is 2. The van der Waals surface area contributed by atoms with Crippen molar-refractivity contribution < 1.29 is 58.3 Å². The molecule has 0 aliphatic rings. The van der Waals surface area contributed by atoms with Gasteiger partial charge in [-0.25, -0.2) is 12.4 Å². The van der Waals surface area contributed by atoms with E-state index in [0.717, 1.165) is 0 Å². The number of aliphatic hydroxyl groups excluding tert-OH is 2. The number of hydrogen-bond acceptors (Lipinski definition) is 2. The molecule has 0 radical (unpaired) electrons. The molecule has 0 aliphatic carbocycles. The maximum absolute atomic E-state index is 10.5. The van der Waals surface area contributed by atoms with Gasteiger partial charge in [0, 0.05) is 0 Å². The molecule has 0 aromatic rings. The Labute approximate surface area is 159 Å². The standard InChI is InChI=1S/C10H20N2.2C2H3F3O.Ti/c1-9(2,3)11-7-8-12-10(4,5)6;2*3-2(4,5)1-6;/h7-8H,1-6H3;2*6H,1H2;/q-2;;;+2. The van der Waals surface area contributed by atoms with Crippen molar-refractivity contribution in [3.63, 3.8) is 0 Å². The van der Waals surface area contributed by atoms with Crippen LogP contribution in [0.15, 0.2) is 12.4 Å². The Morgan fingerprint density at radius 3 is 0.880 bits per heavy atom. The second-order valence-corrected chi connectivity index (χ2v) is 6.44. The first-order valence-corrected chi connectivity index (χ1v) is 6.77. The molecular formula is C14H26F6N2O2Ti. The van der Waals surface area contributed by atoms with Crippen molar-refractivity contribution in [2.75, 3.05) is 13.2 Å². The van der Waals surface area contributed by atoms with Crippen molar-refractivity contribution in [3.05, 3.63) is 23.0 Å². The predicted molar refractivity (Wildman–Crippen MR) is 81.6 cm³/mol. The van der Waals surface area contributed by atoms with Crippen molar-refractivity contribution in [1.82, 2.24) is 0 Å². The van der Waals surface area contributed by atoms with Crippen LogP contribution < -0.4 is 0 Å². The Morgan fingerprint density at radius 1 is 0.640 bits per heavy atom. The maximum atomic E-state index is 10.5. The van der Waals surface area contributed by atoms with Crippen LogP contribution in [0.2, 0.25) is 0 Å². The van der Waals surface area contributed by atoms with Crippen LogP contribution in [0.1, 0.15) is 41.5 Å². The number of rotatable bonds is 2. The summed E-state index contributed by atoms with van der Waals surface area (Å²) < 4.78 is 63.2. The molecule has 0 aromatic heterocycles. The molecule has 0 amide bonds. The molecule has 150 valence electrons. The molecule has 0 atom stereocenters. The van der Waals surface area contributed by atoms with E-state index in [0.29, 0.717) is 0 Å². The van der Waals surface area contributed by atoms with Gasteiger partial charge in [-0.1, -0.05) is 41.5 Å². The second-order valence-electron chi connectivity index (χ2n) is 6.44. The van der Waals surface area contributed by atoms with Gasteiger partial charge in [0.15, 0.2) is 0 Å². The average molecular weight is 416 g/mol. The summed E-state index contributed by atoms with van der Waals surface area (Å²) in [5, 5.41) is 23.1. The first-order valence-electron chi connectivity index (χ1n) is 6.77. The third kappa shape index (κ3) is 51.7. The summed E-state index contributed by atoms with van der Waals surface area (Å²) in [6, 6.07) is 0. The van der Waals surface area contributed by atoms with Gasteiger partial charge in [0.25, 0.3) is 0 Å². The fourth-order valence-electron chi connectivity index (χ4n) is 0.514. The summed E-state index contributed by atoms with van der Waals surface area (Å²) in [5.74, 6) is 0. The minimum absolute atomic E-state index is 0. The van der Waals surface area contributed by atoms with E-state index in [4.69, 9.17) is 10.2 Å². The van der Waals surface area contributed by atoms with E-state index in [-0.39, 0.29) is 32.8 Å². The van der Waals surface area contributed by atoms with E-state index in [9.17, 15) is 26.3 Å². The molecule has 0 bridgehead atoms. The van der Waals surface area contributed by atoms with Gasteiger partial charge in [-0.2, -0.15) is 26.3 Å². The molecule has 0 fully saturated rings. The van der Waals surface area contributed by atoms with E-state index in [1.807, 2.05) is 0 Å². The van der Waals surface area contributed by atoms with Crippen molar-refractivity contribution in [1.29, 1.82) is 0 Å². The normalized spacial score (nSPS) is 12.2. The second kappa shape index (κ2) is 13.7. The average Bonchev–Trinajstić information content (AvgIpc) is 2.32. The summed E-state index contributed by atoms with van der Waals surface area (Å²) in [5.41, 5.74) is 0.00775. The monoisotopic (exact) mass is 416 g/mol. The zero-order valence-electron chi connectivity index (χ0n) is 15.1. The summed E-state index contributed by atoms with van der Waals surface area (Å²) in [6.45, 7) is 8.93. The number of aliphatic hydroxyl groups is 2. The maximum Gasteiger partial charge on any atom is 2.00 e. The van der Waals surface area contributed by atoms with Gasteiger partial charge in [-0.05, 0) is 0 Å². The van der Waals surface area contributed by atoms with Crippen molar-refractivity contribution in [2.24, 2.45) is 0 Å². The number of alkyl halides is 6. The zero-order chi connectivity index (χ0) is 20.2. The molecule has 4 nitrogen and oxygen atoms in total. The summed E-state index contributed by atoms with van der Waals surface area (Å²) in [4.78, 5) is 0. The quantitative estimate of drug-likeness (QED) is 0.498. The van der Waals surface area contributed by atoms with E-state index in [1.54, 1.807) is 12.4 Å². The number of nitrogens with zero attached hydrogens (tertiary/aromatic N) is 2. The van der Waals surface area contributed by atoms with Crippen LogP contribution in [-0.4, -0.2) is 46.9 Å². The molecule has 0 aromatic carbocycles. The number of halogens is 6. The molecule has 0 saturated carbocycles. The van der Waals surface area contributed by atoms with Crippen LogP contribution >= 0.6 is 0 Å². The van der Waals surface area contributed by atoms with Crippen LogP contribution in [0.25, 0.3) is 10.6 Å². The molecule has 2 N–H and O–H groups in total. The van der Waals surface area contributed by atoms with Gasteiger partial charge < -0.3 is 20.8 Å². The van der Waals surface area contributed by atoms with E-state index < -0.39 is 25.6 Å². The largest absolute Gasteiger partial charge is 2.00 e. The Kier molecular flexibility index (Phi) is 17.7. The SMILES string of the molecule is CC(C)(C)[N-]C=C[N-]C(C)(C)C.OCC(F)(F)F.OCC(F)(F)F.[Ti+2]. The Bertz CT molecular complexity index is 302. The van der Waals surface area contributed by atoms with Crippen LogP contribution in [0, 0.1) is 0 Å². The molecule has 0 spiro atoms. The predicted octanol–water partition coefficient (Wildman–Crippen LogP) is 4.88. The van der Waals surface area contributed by atoms with Gasteiger partial charge in [0.1, 0.15) is 13.2 Å². The fourth-order valence-corrected chi connectivity index (χ4v) is 0.514. The van der Waals surface area contributed by atoms with E-state index >= 15 is 0 Å².